The normalized spacial score (nSPS) is 33.1. The summed E-state index contributed by atoms with van der Waals surface area (Å²) in [5, 5.41) is 3.32. The number of likely N-dealkylation sites (tertiary alicyclic amines) is 1. The Labute approximate surface area is 105 Å². The highest BCUT2D eigenvalue weighted by molar-refractivity contribution is 5.83. The highest BCUT2D eigenvalue weighted by Crippen LogP contribution is 2.41. The van der Waals surface area contributed by atoms with Crippen LogP contribution in [-0.2, 0) is 4.79 Å². The minimum Gasteiger partial charge on any atom is -0.338 e. The van der Waals surface area contributed by atoms with Crippen molar-refractivity contribution in [3.05, 3.63) is 0 Å². The Balaban J connectivity index is 2.07. The number of likely N-dealkylation sites (N-methyl/N-ethyl adjacent to an activating group) is 1. The van der Waals surface area contributed by atoms with E-state index in [9.17, 15) is 4.79 Å². The van der Waals surface area contributed by atoms with Crippen molar-refractivity contribution in [2.24, 2.45) is 5.41 Å². The third kappa shape index (κ3) is 2.49. The Bertz CT molecular complexity index is 286. The standard InChI is InChI=1S/C14H26N2O/c1-4-15-11-7-6-10-16(13(11)17)12-8-5-9-14(12,2)3/h11-12,15H,4-10H2,1-3H3. The monoisotopic (exact) mass is 238 g/mol. The van der Waals surface area contributed by atoms with Gasteiger partial charge in [-0.05, 0) is 37.6 Å². The van der Waals surface area contributed by atoms with E-state index in [1.54, 1.807) is 0 Å². The van der Waals surface area contributed by atoms with Crippen LogP contribution < -0.4 is 5.32 Å². The lowest BCUT2D eigenvalue weighted by molar-refractivity contribution is -0.140. The second-order valence-electron chi connectivity index (χ2n) is 6.18. The van der Waals surface area contributed by atoms with E-state index >= 15 is 0 Å². The highest BCUT2D eigenvalue weighted by Gasteiger charge is 2.42. The minimum absolute atomic E-state index is 0.0742. The molecule has 1 aliphatic heterocycles. The SMILES string of the molecule is CCNC1CCCN(C2CCCC2(C)C)C1=O. The first-order chi connectivity index (χ1) is 8.06. The average molecular weight is 238 g/mol. The third-order valence-corrected chi connectivity index (χ3v) is 4.50. The molecule has 0 spiro atoms. The van der Waals surface area contributed by atoms with Crippen LogP contribution in [0.5, 0.6) is 0 Å². The van der Waals surface area contributed by atoms with Crippen molar-refractivity contribution < 1.29 is 4.79 Å². The average Bonchev–Trinajstić information content (AvgIpc) is 2.62. The Morgan fingerprint density at radius 1 is 1.35 bits per heavy atom. The second kappa shape index (κ2) is 4.97. The third-order valence-electron chi connectivity index (χ3n) is 4.50. The Morgan fingerprint density at radius 3 is 2.71 bits per heavy atom. The van der Waals surface area contributed by atoms with E-state index in [0.29, 0.717) is 17.4 Å². The summed E-state index contributed by atoms with van der Waals surface area (Å²) in [6.45, 7) is 8.56. The molecule has 0 aromatic heterocycles. The molecule has 2 atom stereocenters. The van der Waals surface area contributed by atoms with Crippen molar-refractivity contribution in [2.75, 3.05) is 13.1 Å². The summed E-state index contributed by atoms with van der Waals surface area (Å²) in [7, 11) is 0. The van der Waals surface area contributed by atoms with Gasteiger partial charge in [-0.15, -0.1) is 0 Å². The molecule has 1 aliphatic carbocycles. The van der Waals surface area contributed by atoms with Crippen LogP contribution in [0.2, 0.25) is 0 Å². The van der Waals surface area contributed by atoms with Gasteiger partial charge in [-0.1, -0.05) is 27.2 Å². The molecule has 2 unspecified atom stereocenters. The molecule has 2 aliphatic rings. The molecule has 1 amide bonds. The fraction of sp³-hybridized carbons (Fsp3) is 0.929. The highest BCUT2D eigenvalue weighted by atomic mass is 16.2. The Kier molecular flexibility index (Phi) is 3.76. The number of carbonyl (C=O) groups excluding carboxylic acids is 1. The van der Waals surface area contributed by atoms with Crippen molar-refractivity contribution in [3.63, 3.8) is 0 Å². The van der Waals surface area contributed by atoms with Gasteiger partial charge in [-0.25, -0.2) is 0 Å². The topological polar surface area (TPSA) is 32.3 Å². The van der Waals surface area contributed by atoms with Gasteiger partial charge < -0.3 is 10.2 Å². The number of rotatable bonds is 3. The van der Waals surface area contributed by atoms with E-state index in [2.05, 4.69) is 31.0 Å². The van der Waals surface area contributed by atoms with Gasteiger partial charge in [0.05, 0.1) is 6.04 Å². The zero-order chi connectivity index (χ0) is 12.5. The Hall–Kier alpha value is -0.570. The molecule has 1 heterocycles. The minimum atomic E-state index is 0.0742. The predicted octanol–water partition coefficient (Wildman–Crippen LogP) is 2.17. The maximum Gasteiger partial charge on any atom is 0.239 e. The summed E-state index contributed by atoms with van der Waals surface area (Å²) in [5.41, 5.74) is 0.309. The molecule has 1 N–H and O–H groups in total. The molecule has 98 valence electrons. The number of nitrogens with zero attached hydrogens (tertiary/aromatic N) is 1. The van der Waals surface area contributed by atoms with Gasteiger partial charge in [0.25, 0.3) is 0 Å². The van der Waals surface area contributed by atoms with Gasteiger partial charge in [-0.3, -0.25) is 4.79 Å². The van der Waals surface area contributed by atoms with Crippen molar-refractivity contribution >= 4 is 5.91 Å². The second-order valence-corrected chi connectivity index (χ2v) is 6.18. The lowest BCUT2D eigenvalue weighted by Gasteiger charge is -2.42. The van der Waals surface area contributed by atoms with Crippen molar-refractivity contribution in [1.29, 1.82) is 0 Å². The molecular formula is C14H26N2O. The van der Waals surface area contributed by atoms with Gasteiger partial charge in [0.1, 0.15) is 0 Å². The number of carbonyl (C=O) groups is 1. The number of amides is 1. The van der Waals surface area contributed by atoms with Crippen LogP contribution in [0.25, 0.3) is 0 Å². The van der Waals surface area contributed by atoms with Crippen LogP contribution >= 0.6 is 0 Å². The van der Waals surface area contributed by atoms with E-state index in [1.165, 1.54) is 19.3 Å². The number of hydrogen-bond donors (Lipinski definition) is 1. The van der Waals surface area contributed by atoms with Crippen LogP contribution in [-0.4, -0.2) is 36.0 Å². The molecule has 3 nitrogen and oxygen atoms in total. The van der Waals surface area contributed by atoms with Crippen molar-refractivity contribution in [1.82, 2.24) is 10.2 Å². The summed E-state index contributed by atoms with van der Waals surface area (Å²) in [4.78, 5) is 14.6. The summed E-state index contributed by atoms with van der Waals surface area (Å²) < 4.78 is 0. The molecule has 2 fully saturated rings. The van der Waals surface area contributed by atoms with Crippen LogP contribution in [0.3, 0.4) is 0 Å². The molecule has 1 saturated carbocycles. The summed E-state index contributed by atoms with van der Waals surface area (Å²) >= 11 is 0. The van der Waals surface area contributed by atoms with Gasteiger partial charge in [-0.2, -0.15) is 0 Å². The van der Waals surface area contributed by atoms with Crippen LogP contribution in [0, 0.1) is 5.41 Å². The number of piperidine rings is 1. The van der Waals surface area contributed by atoms with Gasteiger partial charge >= 0.3 is 0 Å². The van der Waals surface area contributed by atoms with Crippen LogP contribution in [0.15, 0.2) is 0 Å². The fourth-order valence-corrected chi connectivity index (χ4v) is 3.53. The van der Waals surface area contributed by atoms with Crippen LogP contribution in [0.1, 0.15) is 52.9 Å². The zero-order valence-corrected chi connectivity index (χ0v) is 11.5. The molecule has 2 rings (SSSR count). The number of hydrogen-bond acceptors (Lipinski definition) is 2. The quantitative estimate of drug-likeness (QED) is 0.817. The van der Waals surface area contributed by atoms with Gasteiger partial charge in [0.2, 0.25) is 5.91 Å². The van der Waals surface area contributed by atoms with E-state index in [4.69, 9.17) is 0 Å². The molecule has 0 aromatic carbocycles. The van der Waals surface area contributed by atoms with Crippen molar-refractivity contribution in [3.8, 4) is 0 Å². The summed E-state index contributed by atoms with van der Waals surface area (Å²) in [5.74, 6) is 0.345. The first-order valence-electron chi connectivity index (χ1n) is 7.10. The molecular weight excluding hydrogens is 212 g/mol. The molecule has 0 aromatic rings. The van der Waals surface area contributed by atoms with E-state index < -0.39 is 0 Å². The van der Waals surface area contributed by atoms with E-state index in [-0.39, 0.29) is 6.04 Å². The van der Waals surface area contributed by atoms with Crippen LogP contribution in [0.4, 0.5) is 0 Å². The zero-order valence-electron chi connectivity index (χ0n) is 11.5. The first kappa shape index (κ1) is 12.9. The molecule has 0 radical (unpaired) electrons. The molecule has 17 heavy (non-hydrogen) atoms. The lowest BCUT2D eigenvalue weighted by atomic mass is 9.85. The fourth-order valence-electron chi connectivity index (χ4n) is 3.53. The first-order valence-corrected chi connectivity index (χ1v) is 7.10. The molecule has 0 bridgehead atoms. The lowest BCUT2D eigenvalue weighted by Crippen LogP contribution is -2.56. The van der Waals surface area contributed by atoms with E-state index in [1.807, 2.05) is 0 Å². The summed E-state index contributed by atoms with van der Waals surface area (Å²) in [6.07, 6.45) is 5.88. The van der Waals surface area contributed by atoms with Gasteiger partial charge in [0, 0.05) is 12.6 Å². The molecule has 1 saturated heterocycles. The van der Waals surface area contributed by atoms with Crippen molar-refractivity contribution in [2.45, 2.75) is 65.0 Å². The predicted molar refractivity (Wildman–Crippen MR) is 69.8 cm³/mol. The largest absolute Gasteiger partial charge is 0.338 e. The maximum absolute atomic E-state index is 12.5. The Morgan fingerprint density at radius 2 is 2.12 bits per heavy atom. The van der Waals surface area contributed by atoms with E-state index in [0.717, 1.165) is 25.9 Å². The maximum atomic E-state index is 12.5. The number of nitrogens with one attached hydrogen (secondary N) is 1. The smallest absolute Gasteiger partial charge is 0.239 e. The van der Waals surface area contributed by atoms with Gasteiger partial charge in [0.15, 0.2) is 0 Å². The molecule has 3 heteroatoms. The summed E-state index contributed by atoms with van der Waals surface area (Å²) in [6, 6.07) is 0.543.